The van der Waals surface area contributed by atoms with Gasteiger partial charge in [0.25, 0.3) is 0 Å². The highest BCUT2D eigenvalue weighted by Crippen LogP contribution is 2.16. The van der Waals surface area contributed by atoms with Gasteiger partial charge in [-0.1, -0.05) is 11.6 Å². The molecule has 1 unspecified atom stereocenters. The van der Waals surface area contributed by atoms with Gasteiger partial charge in [-0.3, -0.25) is 0 Å². The average molecular weight is 272 g/mol. The Morgan fingerprint density at radius 2 is 2.44 bits per heavy atom. The molecule has 1 aliphatic rings. The van der Waals surface area contributed by atoms with Crippen LogP contribution in [0.3, 0.4) is 0 Å². The molecule has 0 bridgehead atoms. The largest absolute Gasteiger partial charge is 0.379 e. The van der Waals surface area contributed by atoms with Crippen molar-refractivity contribution < 1.29 is 9.47 Å². The minimum Gasteiger partial charge on any atom is -0.379 e. The molecule has 0 radical (unpaired) electrons. The zero-order valence-corrected chi connectivity index (χ0v) is 11.2. The maximum absolute atomic E-state index is 5.97. The van der Waals surface area contributed by atoms with Crippen molar-refractivity contribution in [2.24, 2.45) is 0 Å². The third-order valence-electron chi connectivity index (χ3n) is 2.69. The molecule has 0 spiro atoms. The van der Waals surface area contributed by atoms with E-state index in [4.69, 9.17) is 21.1 Å². The smallest absolute Gasteiger partial charge is 0.158 e. The number of aromatic nitrogens is 2. The Labute approximate surface area is 112 Å². The molecule has 2 heterocycles. The fraction of sp³-hybridized carbons (Fsp3) is 0.667. The maximum Gasteiger partial charge on any atom is 0.158 e. The third kappa shape index (κ3) is 4.08. The van der Waals surface area contributed by atoms with Crippen molar-refractivity contribution in [3.05, 3.63) is 17.0 Å². The summed E-state index contributed by atoms with van der Waals surface area (Å²) >= 11 is 5.97. The fourth-order valence-electron chi connectivity index (χ4n) is 1.86. The van der Waals surface area contributed by atoms with Gasteiger partial charge in [0.1, 0.15) is 17.6 Å². The summed E-state index contributed by atoms with van der Waals surface area (Å²) in [5.74, 6) is 1.34. The molecular formula is C12H18ClN3O2. The molecule has 1 aliphatic heterocycles. The van der Waals surface area contributed by atoms with E-state index in [-0.39, 0.29) is 0 Å². The molecule has 1 saturated heterocycles. The van der Waals surface area contributed by atoms with Crippen LogP contribution in [0.4, 0.5) is 5.82 Å². The van der Waals surface area contributed by atoms with Crippen LogP contribution in [0.15, 0.2) is 6.07 Å². The second kappa shape index (κ2) is 6.87. The van der Waals surface area contributed by atoms with E-state index in [2.05, 4.69) is 15.3 Å². The van der Waals surface area contributed by atoms with Crippen molar-refractivity contribution in [1.29, 1.82) is 0 Å². The van der Waals surface area contributed by atoms with Crippen LogP contribution in [0, 0.1) is 0 Å². The Morgan fingerprint density at radius 3 is 3.17 bits per heavy atom. The summed E-state index contributed by atoms with van der Waals surface area (Å²) in [5, 5.41) is 3.75. The zero-order valence-electron chi connectivity index (χ0n) is 10.5. The normalized spacial score (nSPS) is 19.8. The summed E-state index contributed by atoms with van der Waals surface area (Å²) in [6.45, 7) is 4.51. The van der Waals surface area contributed by atoms with Gasteiger partial charge in [0.2, 0.25) is 0 Å². The van der Waals surface area contributed by atoms with E-state index in [0.29, 0.717) is 36.8 Å². The molecule has 0 aromatic carbocycles. The number of halogens is 1. The average Bonchev–Trinajstić information content (AvgIpc) is 2.37. The number of anilines is 1. The number of ether oxygens (including phenoxy) is 2. The van der Waals surface area contributed by atoms with Crippen molar-refractivity contribution in [2.75, 3.05) is 25.1 Å². The predicted molar refractivity (Wildman–Crippen MR) is 69.8 cm³/mol. The quantitative estimate of drug-likeness (QED) is 0.833. The summed E-state index contributed by atoms with van der Waals surface area (Å²) in [6.07, 6.45) is 2.16. The molecule has 1 aromatic rings. The van der Waals surface area contributed by atoms with E-state index in [1.165, 1.54) is 0 Å². The third-order valence-corrected chi connectivity index (χ3v) is 2.88. The minimum absolute atomic E-state index is 0.296. The van der Waals surface area contributed by atoms with Gasteiger partial charge in [-0.15, -0.1) is 0 Å². The molecule has 2 rings (SSSR count). The van der Waals surface area contributed by atoms with Crippen LogP contribution in [-0.2, 0) is 16.1 Å². The van der Waals surface area contributed by atoms with E-state index in [1.807, 2.05) is 6.92 Å². The first-order valence-corrected chi connectivity index (χ1v) is 6.61. The van der Waals surface area contributed by atoms with Gasteiger partial charge in [-0.05, 0) is 19.8 Å². The Hall–Kier alpha value is -0.910. The van der Waals surface area contributed by atoms with Crippen LogP contribution in [0.2, 0.25) is 5.15 Å². The second-order valence-corrected chi connectivity index (χ2v) is 4.57. The number of hydrogen-bond donors (Lipinski definition) is 1. The number of nitrogens with zero attached hydrogens (tertiary/aromatic N) is 2. The molecule has 18 heavy (non-hydrogen) atoms. The summed E-state index contributed by atoms with van der Waals surface area (Å²) in [7, 11) is 0. The first kappa shape index (κ1) is 13.5. The summed E-state index contributed by atoms with van der Waals surface area (Å²) in [5.41, 5.74) is 0. The van der Waals surface area contributed by atoms with Crippen LogP contribution in [0.1, 0.15) is 25.6 Å². The first-order valence-electron chi connectivity index (χ1n) is 6.23. The number of rotatable bonds is 5. The predicted octanol–water partition coefficient (Wildman–Crippen LogP) is 2.26. The molecule has 1 atom stereocenters. The minimum atomic E-state index is 0.296. The Balaban J connectivity index is 1.99. The maximum atomic E-state index is 5.97. The van der Waals surface area contributed by atoms with E-state index in [9.17, 15) is 0 Å². The lowest BCUT2D eigenvalue weighted by Crippen LogP contribution is -2.30. The molecule has 0 aliphatic carbocycles. The molecular weight excluding hydrogens is 254 g/mol. The molecule has 5 nitrogen and oxygen atoms in total. The lowest BCUT2D eigenvalue weighted by atomic mass is 10.1. The summed E-state index contributed by atoms with van der Waals surface area (Å²) in [4.78, 5) is 8.50. The lowest BCUT2D eigenvalue weighted by Gasteiger charge is -2.23. The van der Waals surface area contributed by atoms with Gasteiger partial charge in [0, 0.05) is 19.3 Å². The Morgan fingerprint density at radius 1 is 1.56 bits per heavy atom. The van der Waals surface area contributed by atoms with Crippen molar-refractivity contribution in [3.8, 4) is 0 Å². The van der Waals surface area contributed by atoms with E-state index < -0.39 is 0 Å². The van der Waals surface area contributed by atoms with Gasteiger partial charge >= 0.3 is 0 Å². The fourth-order valence-corrected chi connectivity index (χ4v) is 2.06. The highest BCUT2D eigenvalue weighted by atomic mass is 35.5. The molecule has 0 amide bonds. The van der Waals surface area contributed by atoms with Crippen LogP contribution in [0.25, 0.3) is 0 Å². The molecule has 100 valence electrons. The van der Waals surface area contributed by atoms with Gasteiger partial charge < -0.3 is 14.8 Å². The molecule has 0 saturated carbocycles. The number of hydrogen-bond acceptors (Lipinski definition) is 5. The van der Waals surface area contributed by atoms with Gasteiger partial charge in [0.05, 0.1) is 12.6 Å². The number of nitrogens with one attached hydrogen (secondary N) is 1. The van der Waals surface area contributed by atoms with Gasteiger partial charge in [0.15, 0.2) is 5.82 Å². The Kier molecular flexibility index (Phi) is 5.16. The highest BCUT2D eigenvalue weighted by Gasteiger charge is 2.14. The molecule has 1 aromatic heterocycles. The highest BCUT2D eigenvalue weighted by molar-refractivity contribution is 6.29. The van der Waals surface area contributed by atoms with Gasteiger partial charge in [-0.25, -0.2) is 9.97 Å². The van der Waals surface area contributed by atoms with Crippen molar-refractivity contribution in [1.82, 2.24) is 9.97 Å². The van der Waals surface area contributed by atoms with Crippen molar-refractivity contribution >= 4 is 17.4 Å². The van der Waals surface area contributed by atoms with E-state index in [0.717, 1.165) is 25.3 Å². The summed E-state index contributed by atoms with van der Waals surface area (Å²) < 4.78 is 10.7. The Bertz CT molecular complexity index is 384. The zero-order chi connectivity index (χ0) is 12.8. The van der Waals surface area contributed by atoms with Gasteiger partial charge in [-0.2, -0.15) is 0 Å². The van der Waals surface area contributed by atoms with E-state index >= 15 is 0 Å². The molecule has 1 fully saturated rings. The second-order valence-electron chi connectivity index (χ2n) is 4.19. The summed E-state index contributed by atoms with van der Waals surface area (Å²) in [6, 6.07) is 2.02. The first-order chi connectivity index (χ1) is 8.78. The van der Waals surface area contributed by atoms with Crippen LogP contribution < -0.4 is 5.32 Å². The lowest BCUT2D eigenvalue weighted by molar-refractivity contribution is 0.0874. The van der Waals surface area contributed by atoms with E-state index in [1.54, 1.807) is 6.07 Å². The molecule has 1 N–H and O–H groups in total. The van der Waals surface area contributed by atoms with Crippen LogP contribution >= 0.6 is 11.6 Å². The molecule has 6 heteroatoms. The van der Waals surface area contributed by atoms with Crippen molar-refractivity contribution in [2.45, 2.75) is 32.4 Å². The standard InChI is InChI=1S/C12H18ClN3O2/c1-2-17-8-12-15-10(13)6-11(16-12)14-9-4-3-5-18-7-9/h6,9H,2-5,7-8H2,1H3,(H,14,15,16). The SMILES string of the molecule is CCOCc1nc(Cl)cc(NC2CCCOC2)n1. The van der Waals surface area contributed by atoms with Crippen LogP contribution in [0.5, 0.6) is 0 Å². The van der Waals surface area contributed by atoms with Crippen molar-refractivity contribution in [3.63, 3.8) is 0 Å². The van der Waals surface area contributed by atoms with Crippen LogP contribution in [-0.4, -0.2) is 35.8 Å². The topological polar surface area (TPSA) is 56.3 Å². The monoisotopic (exact) mass is 271 g/mol.